The fourth-order valence-corrected chi connectivity index (χ4v) is 1.38. The number of carbonyl (C=O) groups is 1. The fourth-order valence-electron chi connectivity index (χ4n) is 1.38. The second-order valence-corrected chi connectivity index (χ2v) is 3.35. The highest BCUT2D eigenvalue weighted by Gasteiger charge is 2.17. The molecular weight excluding hydrogens is 198 g/mol. The molecule has 1 aliphatic heterocycles. The zero-order valence-corrected chi connectivity index (χ0v) is 8.52. The van der Waals surface area contributed by atoms with E-state index in [1.165, 1.54) is 0 Å². The van der Waals surface area contributed by atoms with Crippen LogP contribution in [0.4, 0.5) is 10.6 Å². The van der Waals surface area contributed by atoms with Crippen molar-refractivity contribution in [3.63, 3.8) is 0 Å². The molecular formula is C9H13N3O3. The Morgan fingerprint density at radius 2 is 2.27 bits per heavy atom. The van der Waals surface area contributed by atoms with Gasteiger partial charge in [-0.3, -0.25) is 5.32 Å². The van der Waals surface area contributed by atoms with Gasteiger partial charge in [0.15, 0.2) is 5.82 Å². The normalized spacial score (nSPS) is 16.5. The lowest BCUT2D eigenvalue weighted by Gasteiger charge is -2.26. The number of aromatic nitrogens is 1. The average molecular weight is 211 g/mol. The summed E-state index contributed by atoms with van der Waals surface area (Å²) in [6.45, 7) is 4.18. The molecule has 1 saturated heterocycles. The number of hydrogen-bond acceptors (Lipinski definition) is 4. The van der Waals surface area contributed by atoms with Crippen molar-refractivity contribution < 1.29 is 14.1 Å². The first-order valence-electron chi connectivity index (χ1n) is 4.83. The summed E-state index contributed by atoms with van der Waals surface area (Å²) < 4.78 is 9.99. The minimum absolute atomic E-state index is 0.161. The van der Waals surface area contributed by atoms with Crippen molar-refractivity contribution in [3.8, 4) is 0 Å². The van der Waals surface area contributed by atoms with Gasteiger partial charge in [0.05, 0.1) is 13.2 Å². The lowest BCUT2D eigenvalue weighted by atomic mass is 10.4. The van der Waals surface area contributed by atoms with Crippen LogP contribution in [0.5, 0.6) is 0 Å². The van der Waals surface area contributed by atoms with E-state index in [1.54, 1.807) is 17.9 Å². The molecule has 1 N–H and O–H groups in total. The lowest BCUT2D eigenvalue weighted by molar-refractivity contribution is 0.0564. The quantitative estimate of drug-likeness (QED) is 0.747. The second kappa shape index (κ2) is 4.31. The number of amides is 2. The van der Waals surface area contributed by atoms with E-state index >= 15 is 0 Å². The Kier molecular flexibility index (Phi) is 2.86. The largest absolute Gasteiger partial charge is 0.378 e. The Morgan fingerprint density at radius 1 is 1.53 bits per heavy atom. The minimum Gasteiger partial charge on any atom is -0.378 e. The van der Waals surface area contributed by atoms with E-state index in [1.807, 2.05) is 0 Å². The highest BCUT2D eigenvalue weighted by molar-refractivity contribution is 5.88. The lowest BCUT2D eigenvalue weighted by Crippen LogP contribution is -2.43. The number of rotatable bonds is 1. The molecule has 2 heterocycles. The molecule has 82 valence electrons. The Bertz CT molecular complexity index is 344. The number of urea groups is 1. The van der Waals surface area contributed by atoms with E-state index in [9.17, 15) is 4.79 Å². The molecule has 0 aliphatic carbocycles. The monoisotopic (exact) mass is 211 g/mol. The van der Waals surface area contributed by atoms with Crippen molar-refractivity contribution in [1.29, 1.82) is 0 Å². The van der Waals surface area contributed by atoms with Crippen molar-refractivity contribution in [3.05, 3.63) is 11.8 Å². The Morgan fingerprint density at radius 3 is 2.87 bits per heavy atom. The molecule has 0 radical (unpaired) electrons. The smallest absolute Gasteiger partial charge is 0.323 e. The van der Waals surface area contributed by atoms with E-state index in [0.29, 0.717) is 37.9 Å². The molecule has 0 saturated carbocycles. The molecule has 1 aliphatic rings. The summed E-state index contributed by atoms with van der Waals surface area (Å²) in [5, 5.41) is 6.34. The number of nitrogens with one attached hydrogen (secondary N) is 1. The van der Waals surface area contributed by atoms with Crippen LogP contribution in [0.25, 0.3) is 0 Å². The molecule has 2 amide bonds. The highest BCUT2D eigenvalue weighted by atomic mass is 16.5. The Labute approximate surface area is 87.2 Å². The maximum Gasteiger partial charge on any atom is 0.323 e. The molecule has 2 rings (SSSR count). The van der Waals surface area contributed by atoms with Gasteiger partial charge in [0.2, 0.25) is 0 Å². The summed E-state index contributed by atoms with van der Waals surface area (Å²) in [6.07, 6.45) is 0. The van der Waals surface area contributed by atoms with Crippen LogP contribution in [-0.2, 0) is 4.74 Å². The molecule has 0 spiro atoms. The summed E-state index contributed by atoms with van der Waals surface area (Å²) in [5.41, 5.74) is 0. The molecule has 0 unspecified atom stereocenters. The van der Waals surface area contributed by atoms with Crippen LogP contribution in [-0.4, -0.2) is 42.4 Å². The first-order valence-corrected chi connectivity index (χ1v) is 4.83. The van der Waals surface area contributed by atoms with Crippen molar-refractivity contribution >= 4 is 11.8 Å². The molecule has 1 aromatic rings. The number of ether oxygens (including phenoxy) is 1. The predicted molar refractivity (Wildman–Crippen MR) is 52.7 cm³/mol. The molecule has 1 fully saturated rings. The average Bonchev–Trinajstić information content (AvgIpc) is 2.65. The molecule has 0 bridgehead atoms. The maximum atomic E-state index is 11.7. The molecule has 6 nitrogen and oxygen atoms in total. The van der Waals surface area contributed by atoms with Crippen LogP contribution in [0.3, 0.4) is 0 Å². The van der Waals surface area contributed by atoms with Crippen molar-refractivity contribution in [1.82, 2.24) is 10.1 Å². The van der Waals surface area contributed by atoms with E-state index in [2.05, 4.69) is 10.5 Å². The molecule has 0 aromatic carbocycles. The van der Waals surface area contributed by atoms with E-state index in [0.717, 1.165) is 0 Å². The predicted octanol–water partition coefficient (Wildman–Crippen LogP) is 0.847. The maximum absolute atomic E-state index is 11.7. The summed E-state index contributed by atoms with van der Waals surface area (Å²) in [6, 6.07) is 1.52. The SMILES string of the molecule is Cc1cc(NC(=O)N2CCOCC2)no1. The van der Waals surface area contributed by atoms with Gasteiger partial charge in [0.1, 0.15) is 5.76 Å². The number of nitrogens with zero attached hydrogens (tertiary/aromatic N) is 2. The van der Waals surface area contributed by atoms with Gasteiger partial charge in [-0.15, -0.1) is 0 Å². The van der Waals surface area contributed by atoms with Crippen LogP contribution >= 0.6 is 0 Å². The third kappa shape index (κ3) is 2.47. The number of hydrogen-bond donors (Lipinski definition) is 1. The van der Waals surface area contributed by atoms with Gasteiger partial charge in [-0.2, -0.15) is 0 Å². The number of morpholine rings is 1. The Balaban J connectivity index is 1.91. The summed E-state index contributed by atoms with van der Waals surface area (Å²) in [7, 11) is 0. The van der Waals surface area contributed by atoms with Gasteiger partial charge >= 0.3 is 6.03 Å². The van der Waals surface area contributed by atoms with Gasteiger partial charge in [-0.05, 0) is 6.92 Å². The van der Waals surface area contributed by atoms with E-state index in [-0.39, 0.29) is 6.03 Å². The zero-order chi connectivity index (χ0) is 10.7. The highest BCUT2D eigenvalue weighted by Crippen LogP contribution is 2.08. The molecule has 1 aromatic heterocycles. The third-order valence-electron chi connectivity index (χ3n) is 2.16. The van der Waals surface area contributed by atoms with Gasteiger partial charge < -0.3 is 14.2 Å². The van der Waals surface area contributed by atoms with Crippen molar-refractivity contribution in [2.45, 2.75) is 6.92 Å². The van der Waals surface area contributed by atoms with Crippen molar-refractivity contribution in [2.24, 2.45) is 0 Å². The topological polar surface area (TPSA) is 67.6 Å². The fraction of sp³-hybridized carbons (Fsp3) is 0.556. The zero-order valence-electron chi connectivity index (χ0n) is 8.52. The molecule has 0 atom stereocenters. The van der Waals surface area contributed by atoms with Crippen LogP contribution < -0.4 is 5.32 Å². The second-order valence-electron chi connectivity index (χ2n) is 3.35. The number of aryl methyl sites for hydroxylation is 1. The summed E-state index contributed by atoms with van der Waals surface area (Å²) in [4.78, 5) is 13.3. The van der Waals surface area contributed by atoms with Crippen LogP contribution in [0.2, 0.25) is 0 Å². The first-order chi connectivity index (χ1) is 7.25. The van der Waals surface area contributed by atoms with Gasteiger partial charge in [-0.25, -0.2) is 4.79 Å². The Hall–Kier alpha value is -1.56. The number of anilines is 1. The first kappa shape index (κ1) is 9.97. The number of carbonyl (C=O) groups excluding carboxylic acids is 1. The standard InChI is InChI=1S/C9H13N3O3/c1-7-6-8(11-15-7)10-9(13)12-2-4-14-5-3-12/h6H,2-5H2,1H3,(H,10,11,13). The van der Waals surface area contributed by atoms with Crippen LogP contribution in [0, 0.1) is 6.92 Å². The molecule has 6 heteroatoms. The van der Waals surface area contributed by atoms with Crippen LogP contribution in [0.1, 0.15) is 5.76 Å². The van der Waals surface area contributed by atoms with E-state index < -0.39 is 0 Å². The van der Waals surface area contributed by atoms with Crippen LogP contribution in [0.15, 0.2) is 10.6 Å². The van der Waals surface area contributed by atoms with Crippen molar-refractivity contribution in [2.75, 3.05) is 31.6 Å². The van der Waals surface area contributed by atoms with Gasteiger partial charge in [-0.1, -0.05) is 5.16 Å². The van der Waals surface area contributed by atoms with Gasteiger partial charge in [0, 0.05) is 19.2 Å². The van der Waals surface area contributed by atoms with E-state index in [4.69, 9.17) is 9.26 Å². The summed E-state index contributed by atoms with van der Waals surface area (Å²) in [5.74, 6) is 1.12. The third-order valence-corrected chi connectivity index (χ3v) is 2.16. The molecule has 15 heavy (non-hydrogen) atoms. The summed E-state index contributed by atoms with van der Waals surface area (Å²) >= 11 is 0. The minimum atomic E-state index is -0.161. The van der Waals surface area contributed by atoms with Gasteiger partial charge in [0.25, 0.3) is 0 Å².